The molecule has 0 fully saturated rings. The number of aliphatic hydroxyl groups is 1. The molecule has 0 aliphatic heterocycles. The van der Waals surface area contributed by atoms with Gasteiger partial charge in [0.2, 0.25) is 0 Å². The molecule has 21 heavy (non-hydrogen) atoms. The highest BCUT2D eigenvalue weighted by molar-refractivity contribution is 5.21. The smallest absolute Gasteiger partial charge is 0.108 e. The monoisotopic (exact) mass is 288 g/mol. The Balaban J connectivity index is 1.99. The highest BCUT2D eigenvalue weighted by atomic mass is 16.5. The van der Waals surface area contributed by atoms with Gasteiger partial charge in [-0.1, -0.05) is 69.2 Å². The summed E-state index contributed by atoms with van der Waals surface area (Å²) in [4.78, 5) is 0. The van der Waals surface area contributed by atoms with E-state index in [1.54, 1.807) is 0 Å². The van der Waals surface area contributed by atoms with Crippen LogP contribution in [0.3, 0.4) is 0 Å². The van der Waals surface area contributed by atoms with Gasteiger partial charge in [0.1, 0.15) is 6.61 Å². The number of ether oxygens (including phenoxy) is 1. The van der Waals surface area contributed by atoms with Crippen molar-refractivity contribution in [1.29, 1.82) is 0 Å². The standard InChI is InChI=1S/C19H28O2/c1-2-3-4-5-6-7-8-9-10-15-21-17-19-13-11-18(16-20)12-14-19/h11-14,20H,2-8,15-17H2,1H3. The molecule has 1 aromatic rings. The lowest BCUT2D eigenvalue weighted by Crippen LogP contribution is -1.93. The van der Waals surface area contributed by atoms with Crippen LogP contribution in [0.4, 0.5) is 0 Å². The van der Waals surface area contributed by atoms with Crippen molar-refractivity contribution in [2.75, 3.05) is 6.61 Å². The van der Waals surface area contributed by atoms with Gasteiger partial charge in [0, 0.05) is 6.42 Å². The van der Waals surface area contributed by atoms with Crippen LogP contribution < -0.4 is 0 Å². The molecule has 2 heteroatoms. The molecule has 1 rings (SSSR count). The zero-order valence-electron chi connectivity index (χ0n) is 13.2. The number of hydrogen-bond acceptors (Lipinski definition) is 2. The van der Waals surface area contributed by atoms with Crippen molar-refractivity contribution in [3.05, 3.63) is 35.4 Å². The highest BCUT2D eigenvalue weighted by Gasteiger charge is 1.93. The second-order valence-corrected chi connectivity index (χ2v) is 5.34. The second-order valence-electron chi connectivity index (χ2n) is 5.34. The molecule has 0 saturated heterocycles. The van der Waals surface area contributed by atoms with Crippen molar-refractivity contribution in [1.82, 2.24) is 0 Å². The Hall–Kier alpha value is -1.30. The molecule has 116 valence electrons. The molecule has 0 aromatic heterocycles. The molecule has 0 saturated carbocycles. The van der Waals surface area contributed by atoms with Crippen LogP contribution in [0.5, 0.6) is 0 Å². The van der Waals surface area contributed by atoms with Gasteiger partial charge in [0.15, 0.2) is 0 Å². The first-order valence-electron chi connectivity index (χ1n) is 8.09. The summed E-state index contributed by atoms with van der Waals surface area (Å²) in [5, 5.41) is 8.96. The topological polar surface area (TPSA) is 29.5 Å². The molecule has 0 atom stereocenters. The Labute approximate surface area is 129 Å². The molecule has 2 nitrogen and oxygen atoms in total. The summed E-state index contributed by atoms with van der Waals surface area (Å²) in [7, 11) is 0. The van der Waals surface area contributed by atoms with Crippen molar-refractivity contribution < 1.29 is 9.84 Å². The molecule has 0 radical (unpaired) electrons. The molecule has 0 spiro atoms. The van der Waals surface area contributed by atoms with Crippen LogP contribution in [0, 0.1) is 11.8 Å². The van der Waals surface area contributed by atoms with E-state index in [0.29, 0.717) is 13.2 Å². The molecule has 0 aliphatic rings. The lowest BCUT2D eigenvalue weighted by Gasteiger charge is -2.02. The lowest BCUT2D eigenvalue weighted by atomic mass is 10.1. The molecule has 0 unspecified atom stereocenters. The number of rotatable bonds is 10. The van der Waals surface area contributed by atoms with E-state index in [2.05, 4.69) is 18.8 Å². The van der Waals surface area contributed by atoms with Crippen LogP contribution in [-0.2, 0) is 18.0 Å². The van der Waals surface area contributed by atoms with E-state index in [9.17, 15) is 0 Å². The predicted molar refractivity (Wildman–Crippen MR) is 87.8 cm³/mol. The maximum Gasteiger partial charge on any atom is 0.108 e. The van der Waals surface area contributed by atoms with Crippen LogP contribution in [-0.4, -0.2) is 11.7 Å². The zero-order chi connectivity index (χ0) is 15.2. The van der Waals surface area contributed by atoms with Crippen LogP contribution >= 0.6 is 0 Å². The van der Waals surface area contributed by atoms with Crippen LogP contribution in [0.1, 0.15) is 63.0 Å². The fourth-order valence-corrected chi connectivity index (χ4v) is 2.09. The molecule has 0 aliphatic carbocycles. The van der Waals surface area contributed by atoms with Gasteiger partial charge in [0.05, 0.1) is 13.2 Å². The Kier molecular flexibility index (Phi) is 10.5. The largest absolute Gasteiger partial charge is 0.392 e. The van der Waals surface area contributed by atoms with Gasteiger partial charge in [-0.15, -0.1) is 5.92 Å². The average molecular weight is 288 g/mol. The van der Waals surface area contributed by atoms with Gasteiger partial charge in [-0.25, -0.2) is 0 Å². The molecule has 0 amide bonds. The first-order chi connectivity index (χ1) is 10.4. The van der Waals surface area contributed by atoms with Gasteiger partial charge in [-0.2, -0.15) is 0 Å². The summed E-state index contributed by atoms with van der Waals surface area (Å²) >= 11 is 0. The van der Waals surface area contributed by atoms with Gasteiger partial charge < -0.3 is 9.84 Å². The van der Waals surface area contributed by atoms with E-state index in [-0.39, 0.29) is 6.61 Å². The second kappa shape index (κ2) is 12.4. The van der Waals surface area contributed by atoms with E-state index in [0.717, 1.165) is 17.5 Å². The summed E-state index contributed by atoms with van der Waals surface area (Å²) < 4.78 is 5.52. The maximum atomic E-state index is 8.96. The highest BCUT2D eigenvalue weighted by Crippen LogP contribution is 2.06. The van der Waals surface area contributed by atoms with Crippen molar-refractivity contribution in [3.8, 4) is 11.8 Å². The molecule has 1 aromatic carbocycles. The van der Waals surface area contributed by atoms with Gasteiger partial charge >= 0.3 is 0 Å². The summed E-state index contributed by atoms with van der Waals surface area (Å²) in [6.45, 7) is 3.41. The third kappa shape index (κ3) is 9.28. The number of benzene rings is 1. The van der Waals surface area contributed by atoms with Crippen molar-refractivity contribution in [3.63, 3.8) is 0 Å². The van der Waals surface area contributed by atoms with E-state index < -0.39 is 0 Å². The third-order valence-electron chi connectivity index (χ3n) is 3.43. The van der Waals surface area contributed by atoms with Crippen LogP contribution in [0.15, 0.2) is 24.3 Å². The van der Waals surface area contributed by atoms with Crippen molar-refractivity contribution in [2.45, 2.75) is 65.1 Å². The Morgan fingerprint density at radius 1 is 0.905 bits per heavy atom. The summed E-state index contributed by atoms with van der Waals surface area (Å²) in [5.74, 6) is 6.24. The molecule has 0 bridgehead atoms. The predicted octanol–water partition coefficient (Wildman–Crippen LogP) is 4.45. The van der Waals surface area contributed by atoms with E-state index in [1.807, 2.05) is 24.3 Å². The zero-order valence-corrected chi connectivity index (χ0v) is 13.2. The Bertz CT molecular complexity index is 411. The minimum atomic E-state index is 0.0884. The fourth-order valence-electron chi connectivity index (χ4n) is 2.09. The summed E-state index contributed by atoms with van der Waals surface area (Å²) in [6, 6.07) is 7.80. The van der Waals surface area contributed by atoms with E-state index in [1.165, 1.54) is 38.5 Å². The number of unbranched alkanes of at least 4 members (excludes halogenated alkanes) is 6. The normalized spacial score (nSPS) is 10.2. The van der Waals surface area contributed by atoms with Crippen molar-refractivity contribution >= 4 is 0 Å². The molecular formula is C19H28O2. The maximum absolute atomic E-state index is 8.96. The first kappa shape index (κ1) is 17.8. The Morgan fingerprint density at radius 2 is 1.57 bits per heavy atom. The molecular weight excluding hydrogens is 260 g/mol. The number of hydrogen-bond donors (Lipinski definition) is 1. The SMILES string of the molecule is CCCCCCCCC#CCOCc1ccc(CO)cc1. The van der Waals surface area contributed by atoms with Gasteiger partial charge in [-0.05, 0) is 17.5 Å². The fraction of sp³-hybridized carbons (Fsp3) is 0.579. The average Bonchev–Trinajstić information content (AvgIpc) is 2.53. The lowest BCUT2D eigenvalue weighted by molar-refractivity contribution is 0.153. The first-order valence-corrected chi connectivity index (χ1v) is 8.09. The van der Waals surface area contributed by atoms with Gasteiger partial charge in [0.25, 0.3) is 0 Å². The number of aliphatic hydroxyl groups excluding tert-OH is 1. The molecule has 0 heterocycles. The van der Waals surface area contributed by atoms with Crippen LogP contribution in [0.25, 0.3) is 0 Å². The van der Waals surface area contributed by atoms with E-state index in [4.69, 9.17) is 9.84 Å². The minimum Gasteiger partial charge on any atom is -0.392 e. The summed E-state index contributed by atoms with van der Waals surface area (Å²) in [6.07, 6.45) is 8.86. The third-order valence-corrected chi connectivity index (χ3v) is 3.43. The minimum absolute atomic E-state index is 0.0884. The summed E-state index contributed by atoms with van der Waals surface area (Å²) in [5.41, 5.74) is 2.04. The van der Waals surface area contributed by atoms with Crippen molar-refractivity contribution in [2.24, 2.45) is 0 Å². The van der Waals surface area contributed by atoms with Gasteiger partial charge in [-0.3, -0.25) is 0 Å². The van der Waals surface area contributed by atoms with Crippen LogP contribution in [0.2, 0.25) is 0 Å². The van der Waals surface area contributed by atoms with E-state index >= 15 is 0 Å². The Morgan fingerprint density at radius 3 is 2.29 bits per heavy atom. The molecule has 1 N–H and O–H groups in total. The quantitative estimate of drug-likeness (QED) is 0.509.